The molecule has 0 bridgehead atoms. The number of hydrogen-bond donors (Lipinski definition) is 2. The first-order valence-corrected chi connectivity index (χ1v) is 7.88. The minimum absolute atomic E-state index is 0.356. The molecule has 2 aromatic carbocycles. The first kappa shape index (κ1) is 15.7. The number of allylic oxidation sites excluding steroid dienone is 1. The second-order valence-electron chi connectivity index (χ2n) is 5.68. The molecule has 0 aromatic heterocycles. The normalized spacial score (nSPS) is 12.4. The highest BCUT2D eigenvalue weighted by atomic mass is 15.2. The van der Waals surface area contributed by atoms with Crippen molar-refractivity contribution >= 4 is 10.8 Å². The van der Waals surface area contributed by atoms with Crippen molar-refractivity contribution in [3.63, 3.8) is 0 Å². The van der Waals surface area contributed by atoms with Gasteiger partial charge in [0.1, 0.15) is 0 Å². The van der Waals surface area contributed by atoms with Crippen molar-refractivity contribution in [1.29, 1.82) is 0 Å². The van der Waals surface area contributed by atoms with E-state index in [-0.39, 0.29) is 0 Å². The summed E-state index contributed by atoms with van der Waals surface area (Å²) in [6.07, 6.45) is 8.93. The Morgan fingerprint density at radius 3 is 2.62 bits per heavy atom. The predicted octanol–water partition coefficient (Wildman–Crippen LogP) is 4.35. The lowest BCUT2D eigenvalue weighted by Crippen LogP contribution is -2.36. The van der Waals surface area contributed by atoms with Crippen molar-refractivity contribution in [1.82, 2.24) is 5.43 Å². The lowest BCUT2D eigenvalue weighted by molar-refractivity contribution is 0.464. The number of nitrogens with one attached hydrogen (secondary N) is 1. The fourth-order valence-corrected chi connectivity index (χ4v) is 2.75. The molecule has 0 aliphatic carbocycles. The summed E-state index contributed by atoms with van der Waals surface area (Å²) in [7, 11) is 0. The highest BCUT2D eigenvalue weighted by Crippen LogP contribution is 2.18. The van der Waals surface area contributed by atoms with Gasteiger partial charge in [-0.05, 0) is 42.0 Å². The lowest BCUT2D eigenvalue weighted by Gasteiger charge is -2.16. The molecule has 0 radical (unpaired) electrons. The molecular weight excluding hydrogens is 256 g/mol. The quantitative estimate of drug-likeness (QED) is 0.310. The molecule has 112 valence electrons. The van der Waals surface area contributed by atoms with Crippen LogP contribution in [0.15, 0.2) is 55.1 Å². The second-order valence-corrected chi connectivity index (χ2v) is 5.68. The summed E-state index contributed by atoms with van der Waals surface area (Å²) >= 11 is 0. The van der Waals surface area contributed by atoms with Gasteiger partial charge in [0.15, 0.2) is 0 Å². The van der Waals surface area contributed by atoms with Gasteiger partial charge in [0.05, 0.1) is 0 Å². The monoisotopic (exact) mass is 282 g/mol. The van der Waals surface area contributed by atoms with E-state index in [0.29, 0.717) is 6.04 Å². The van der Waals surface area contributed by atoms with Crippen molar-refractivity contribution < 1.29 is 0 Å². The maximum Gasteiger partial charge on any atom is 0.0250 e. The van der Waals surface area contributed by atoms with E-state index in [2.05, 4.69) is 54.5 Å². The fraction of sp³-hybridized carbons (Fsp3) is 0.368. The Kier molecular flexibility index (Phi) is 6.45. The third-order valence-corrected chi connectivity index (χ3v) is 3.99. The molecular formula is C19H26N2. The molecule has 0 fully saturated rings. The molecule has 2 rings (SSSR count). The Balaban J connectivity index is 1.88. The molecule has 2 heteroatoms. The van der Waals surface area contributed by atoms with Crippen LogP contribution in [-0.4, -0.2) is 6.04 Å². The summed E-state index contributed by atoms with van der Waals surface area (Å²) in [5.41, 5.74) is 4.32. The van der Waals surface area contributed by atoms with E-state index in [0.717, 1.165) is 19.3 Å². The lowest BCUT2D eigenvalue weighted by atomic mass is 9.98. The smallest absolute Gasteiger partial charge is 0.0250 e. The minimum Gasteiger partial charge on any atom is -0.271 e. The van der Waals surface area contributed by atoms with E-state index in [1.165, 1.54) is 35.6 Å². The topological polar surface area (TPSA) is 38.0 Å². The maximum atomic E-state index is 5.71. The summed E-state index contributed by atoms with van der Waals surface area (Å²) in [4.78, 5) is 0. The Hall–Kier alpha value is -1.64. The largest absolute Gasteiger partial charge is 0.271 e. The van der Waals surface area contributed by atoms with Crippen LogP contribution in [0, 0.1) is 0 Å². The van der Waals surface area contributed by atoms with Gasteiger partial charge < -0.3 is 0 Å². The highest BCUT2D eigenvalue weighted by molar-refractivity contribution is 5.82. The third kappa shape index (κ3) is 5.00. The zero-order valence-corrected chi connectivity index (χ0v) is 12.7. The first-order chi connectivity index (χ1) is 10.3. The SMILES string of the molecule is C=CCCCCCC(Cc1ccc2ccccc2c1)NN. The molecule has 0 heterocycles. The van der Waals surface area contributed by atoms with E-state index >= 15 is 0 Å². The molecule has 2 aromatic rings. The van der Waals surface area contributed by atoms with Crippen molar-refractivity contribution in [2.75, 3.05) is 0 Å². The summed E-state index contributed by atoms with van der Waals surface area (Å²) in [5.74, 6) is 5.71. The number of hydrogen-bond acceptors (Lipinski definition) is 2. The van der Waals surface area contributed by atoms with Crippen LogP contribution in [0.2, 0.25) is 0 Å². The van der Waals surface area contributed by atoms with Crippen molar-refractivity contribution in [3.8, 4) is 0 Å². The Morgan fingerprint density at radius 1 is 1.05 bits per heavy atom. The maximum absolute atomic E-state index is 5.71. The molecule has 21 heavy (non-hydrogen) atoms. The van der Waals surface area contributed by atoms with Crippen molar-refractivity contribution in [2.45, 2.75) is 44.6 Å². The van der Waals surface area contributed by atoms with E-state index in [9.17, 15) is 0 Å². The molecule has 3 N–H and O–H groups in total. The Morgan fingerprint density at radius 2 is 1.86 bits per heavy atom. The van der Waals surface area contributed by atoms with Gasteiger partial charge in [0, 0.05) is 6.04 Å². The van der Waals surface area contributed by atoms with Gasteiger partial charge >= 0.3 is 0 Å². The summed E-state index contributed by atoms with van der Waals surface area (Å²) in [6, 6.07) is 15.5. The van der Waals surface area contributed by atoms with Gasteiger partial charge in [0.2, 0.25) is 0 Å². The first-order valence-electron chi connectivity index (χ1n) is 7.88. The van der Waals surface area contributed by atoms with Crippen molar-refractivity contribution in [2.24, 2.45) is 5.84 Å². The molecule has 1 unspecified atom stereocenters. The zero-order valence-electron chi connectivity index (χ0n) is 12.7. The molecule has 1 atom stereocenters. The van der Waals surface area contributed by atoms with Gasteiger partial charge in [-0.25, -0.2) is 0 Å². The molecule has 0 aliphatic rings. The summed E-state index contributed by atoms with van der Waals surface area (Å²) in [5, 5.41) is 2.60. The van der Waals surface area contributed by atoms with E-state index in [1.807, 2.05) is 6.08 Å². The van der Waals surface area contributed by atoms with E-state index in [1.54, 1.807) is 0 Å². The average molecular weight is 282 g/mol. The summed E-state index contributed by atoms with van der Waals surface area (Å²) < 4.78 is 0. The van der Waals surface area contributed by atoms with Crippen LogP contribution >= 0.6 is 0 Å². The molecule has 0 saturated heterocycles. The van der Waals surface area contributed by atoms with Gasteiger partial charge in [-0.1, -0.05) is 61.4 Å². The Labute approximate surface area is 128 Å². The van der Waals surface area contributed by atoms with Gasteiger partial charge in [0.25, 0.3) is 0 Å². The molecule has 0 amide bonds. The number of rotatable bonds is 9. The van der Waals surface area contributed by atoms with Crippen LogP contribution in [0.4, 0.5) is 0 Å². The van der Waals surface area contributed by atoms with Crippen LogP contribution in [-0.2, 0) is 6.42 Å². The predicted molar refractivity (Wildman–Crippen MR) is 92.0 cm³/mol. The van der Waals surface area contributed by atoms with E-state index in [4.69, 9.17) is 5.84 Å². The van der Waals surface area contributed by atoms with E-state index < -0.39 is 0 Å². The van der Waals surface area contributed by atoms with Crippen LogP contribution in [0.1, 0.15) is 37.7 Å². The van der Waals surface area contributed by atoms with Crippen LogP contribution in [0.25, 0.3) is 10.8 Å². The third-order valence-electron chi connectivity index (χ3n) is 3.99. The number of hydrazine groups is 1. The minimum atomic E-state index is 0.356. The van der Waals surface area contributed by atoms with Crippen molar-refractivity contribution in [3.05, 3.63) is 60.7 Å². The standard InChI is InChI=1S/C19H26N2/c1-2-3-4-5-6-11-19(21-20)15-16-12-13-17-9-7-8-10-18(17)14-16/h2,7-10,12-14,19,21H,1,3-6,11,15,20H2. The molecule has 2 nitrogen and oxygen atoms in total. The number of fused-ring (bicyclic) bond motifs is 1. The van der Waals surface area contributed by atoms with Gasteiger partial charge in [-0.3, -0.25) is 11.3 Å². The van der Waals surface area contributed by atoms with Gasteiger partial charge in [-0.2, -0.15) is 0 Å². The summed E-state index contributed by atoms with van der Waals surface area (Å²) in [6.45, 7) is 3.76. The Bertz CT molecular complexity index is 562. The van der Waals surface area contributed by atoms with Crippen LogP contribution < -0.4 is 11.3 Å². The fourth-order valence-electron chi connectivity index (χ4n) is 2.75. The number of benzene rings is 2. The van der Waals surface area contributed by atoms with Crippen LogP contribution in [0.5, 0.6) is 0 Å². The average Bonchev–Trinajstić information content (AvgIpc) is 2.53. The second kappa shape index (κ2) is 8.60. The zero-order chi connectivity index (χ0) is 14.9. The van der Waals surface area contributed by atoms with Gasteiger partial charge in [-0.15, -0.1) is 6.58 Å². The number of unbranched alkanes of at least 4 members (excludes halogenated alkanes) is 3. The van der Waals surface area contributed by atoms with Crippen LogP contribution in [0.3, 0.4) is 0 Å². The number of nitrogens with two attached hydrogens (primary N) is 1. The molecule has 0 aliphatic heterocycles. The highest BCUT2D eigenvalue weighted by Gasteiger charge is 2.08. The molecule has 0 spiro atoms. The molecule has 0 saturated carbocycles.